The number of nitrogens with zero attached hydrogens (tertiary/aromatic N) is 2. The van der Waals surface area contributed by atoms with E-state index in [0.29, 0.717) is 0 Å². The van der Waals surface area contributed by atoms with Crippen LogP contribution in [0.15, 0.2) is 30.5 Å². The van der Waals surface area contributed by atoms with E-state index >= 15 is 0 Å². The number of hydrogen-bond donors (Lipinski definition) is 2. The summed E-state index contributed by atoms with van der Waals surface area (Å²) in [5, 5.41) is 11.3. The molecule has 1 heterocycles. The quantitative estimate of drug-likeness (QED) is 0.904. The third-order valence-electron chi connectivity index (χ3n) is 2.40. The zero-order valence-corrected chi connectivity index (χ0v) is 10.9. The van der Waals surface area contributed by atoms with E-state index in [1.54, 1.807) is 0 Å². The number of carbonyl (C=O) groups is 1. The summed E-state index contributed by atoms with van der Waals surface area (Å²) in [6.45, 7) is 0. The summed E-state index contributed by atoms with van der Waals surface area (Å²) in [6, 6.07) is 4.57. The Balaban J connectivity index is 2.27. The molecule has 2 rings (SSSR count). The molecule has 0 saturated heterocycles. The van der Waals surface area contributed by atoms with E-state index in [9.17, 15) is 18.0 Å². The molecule has 0 unspecified atom stereocenters. The summed E-state index contributed by atoms with van der Waals surface area (Å²) in [5.74, 6) is -1.48. The first-order valence-corrected chi connectivity index (χ1v) is 5.85. The largest absolute Gasteiger partial charge is 0.478 e. The molecule has 5 nitrogen and oxygen atoms in total. The predicted octanol–water partition coefficient (Wildman–Crippen LogP) is 3.59. The number of aromatic nitrogens is 2. The smallest absolute Gasteiger partial charge is 0.433 e. The lowest BCUT2D eigenvalue weighted by atomic mass is 10.2. The van der Waals surface area contributed by atoms with Crippen molar-refractivity contribution in [2.24, 2.45) is 0 Å². The van der Waals surface area contributed by atoms with Crippen molar-refractivity contribution < 1.29 is 23.1 Å². The Morgan fingerprint density at radius 2 is 2.00 bits per heavy atom. The fraction of sp³-hybridized carbons (Fsp3) is 0.0833. The van der Waals surface area contributed by atoms with E-state index in [-0.39, 0.29) is 22.2 Å². The Morgan fingerprint density at radius 3 is 2.57 bits per heavy atom. The van der Waals surface area contributed by atoms with Crippen molar-refractivity contribution in [1.29, 1.82) is 0 Å². The molecule has 0 bridgehead atoms. The normalized spacial score (nSPS) is 11.2. The lowest BCUT2D eigenvalue weighted by molar-refractivity contribution is -0.141. The van der Waals surface area contributed by atoms with E-state index in [1.165, 1.54) is 18.2 Å². The van der Waals surface area contributed by atoms with Gasteiger partial charge in [0.15, 0.2) is 0 Å². The van der Waals surface area contributed by atoms with Gasteiger partial charge >= 0.3 is 12.1 Å². The van der Waals surface area contributed by atoms with Crippen LogP contribution in [0.1, 0.15) is 16.1 Å². The molecule has 0 aliphatic rings. The van der Waals surface area contributed by atoms with Gasteiger partial charge in [-0.25, -0.2) is 14.8 Å². The van der Waals surface area contributed by atoms with E-state index in [0.717, 1.165) is 12.3 Å². The van der Waals surface area contributed by atoms with E-state index in [1.807, 2.05) is 0 Å². The molecule has 9 heteroatoms. The first kappa shape index (κ1) is 15.0. The zero-order chi connectivity index (χ0) is 15.6. The average Bonchev–Trinajstić information content (AvgIpc) is 2.37. The van der Waals surface area contributed by atoms with Gasteiger partial charge in [0, 0.05) is 11.9 Å². The number of halogens is 4. The maximum absolute atomic E-state index is 12.5. The number of carboxylic acid groups (broad SMARTS) is 1. The van der Waals surface area contributed by atoms with Crippen molar-refractivity contribution in [3.8, 4) is 0 Å². The average molecular weight is 318 g/mol. The highest BCUT2D eigenvalue weighted by Gasteiger charge is 2.32. The Labute approximate surface area is 121 Å². The summed E-state index contributed by atoms with van der Waals surface area (Å²) >= 11 is 5.75. The number of alkyl halides is 3. The van der Waals surface area contributed by atoms with Gasteiger partial charge in [0.1, 0.15) is 5.69 Å². The molecule has 21 heavy (non-hydrogen) atoms. The highest BCUT2D eigenvalue weighted by Crippen LogP contribution is 2.28. The standard InChI is InChI=1S/C12H7ClF3N3O2/c13-8-5-6(1-2-7(8)10(20)21)18-11-17-4-3-9(19-11)12(14,15)16/h1-5H,(H,20,21)(H,17,18,19). The number of aromatic carboxylic acids is 1. The molecule has 0 atom stereocenters. The van der Waals surface area contributed by atoms with Gasteiger partial charge in [0.05, 0.1) is 10.6 Å². The number of hydrogen-bond acceptors (Lipinski definition) is 4. The molecule has 0 aliphatic carbocycles. The molecule has 2 N–H and O–H groups in total. The third-order valence-corrected chi connectivity index (χ3v) is 2.71. The fourth-order valence-electron chi connectivity index (χ4n) is 1.47. The van der Waals surface area contributed by atoms with Crippen molar-refractivity contribution in [1.82, 2.24) is 9.97 Å². The summed E-state index contributed by atoms with van der Waals surface area (Å²) in [6.07, 6.45) is -3.62. The van der Waals surface area contributed by atoms with Gasteiger partial charge in [-0.05, 0) is 24.3 Å². The van der Waals surface area contributed by atoms with Crippen LogP contribution in [-0.4, -0.2) is 21.0 Å². The predicted molar refractivity (Wildman–Crippen MR) is 68.7 cm³/mol. The molecule has 0 fully saturated rings. The minimum atomic E-state index is -4.58. The lowest BCUT2D eigenvalue weighted by Gasteiger charge is -2.09. The Morgan fingerprint density at radius 1 is 1.29 bits per heavy atom. The number of carboxylic acids is 1. The summed E-state index contributed by atoms with van der Waals surface area (Å²) in [5.41, 5.74) is -0.940. The van der Waals surface area contributed by atoms with E-state index < -0.39 is 17.8 Å². The molecular weight excluding hydrogens is 311 g/mol. The van der Waals surface area contributed by atoms with Crippen molar-refractivity contribution in [2.75, 3.05) is 5.32 Å². The maximum Gasteiger partial charge on any atom is 0.433 e. The Hall–Kier alpha value is -2.35. The second-order valence-electron chi connectivity index (χ2n) is 3.89. The van der Waals surface area contributed by atoms with Gasteiger partial charge in [-0.2, -0.15) is 13.2 Å². The molecule has 0 saturated carbocycles. The first-order valence-electron chi connectivity index (χ1n) is 5.47. The van der Waals surface area contributed by atoms with Crippen LogP contribution in [0.25, 0.3) is 0 Å². The van der Waals surface area contributed by atoms with Crippen LogP contribution in [0.5, 0.6) is 0 Å². The maximum atomic E-state index is 12.5. The van der Waals surface area contributed by atoms with Gasteiger partial charge in [0.25, 0.3) is 0 Å². The Bertz CT molecular complexity index is 692. The van der Waals surface area contributed by atoms with Crippen LogP contribution in [0.3, 0.4) is 0 Å². The van der Waals surface area contributed by atoms with Crippen LogP contribution in [0.4, 0.5) is 24.8 Å². The topological polar surface area (TPSA) is 75.1 Å². The highest BCUT2D eigenvalue weighted by molar-refractivity contribution is 6.33. The van der Waals surface area contributed by atoms with Crippen LogP contribution >= 0.6 is 11.6 Å². The Kier molecular flexibility index (Phi) is 3.99. The number of rotatable bonds is 3. The van der Waals surface area contributed by atoms with E-state index in [2.05, 4.69) is 15.3 Å². The van der Waals surface area contributed by atoms with Crippen LogP contribution in [0, 0.1) is 0 Å². The first-order chi connectivity index (χ1) is 9.77. The molecule has 0 aliphatic heterocycles. The van der Waals surface area contributed by atoms with Crippen molar-refractivity contribution in [3.05, 3.63) is 46.7 Å². The molecule has 2 aromatic rings. The molecular formula is C12H7ClF3N3O2. The second kappa shape index (κ2) is 5.57. The van der Waals surface area contributed by atoms with Gasteiger partial charge in [0.2, 0.25) is 5.95 Å². The molecule has 1 aromatic carbocycles. The minimum Gasteiger partial charge on any atom is -0.478 e. The number of benzene rings is 1. The second-order valence-corrected chi connectivity index (χ2v) is 4.30. The molecule has 0 amide bonds. The monoisotopic (exact) mass is 317 g/mol. The summed E-state index contributed by atoms with van der Waals surface area (Å²) < 4.78 is 37.5. The zero-order valence-electron chi connectivity index (χ0n) is 10.1. The van der Waals surface area contributed by atoms with E-state index in [4.69, 9.17) is 16.7 Å². The molecule has 0 spiro atoms. The minimum absolute atomic E-state index is 0.0560. The van der Waals surface area contributed by atoms with Gasteiger partial charge in [-0.15, -0.1) is 0 Å². The summed E-state index contributed by atoms with van der Waals surface area (Å²) in [4.78, 5) is 17.8. The number of anilines is 2. The highest BCUT2D eigenvalue weighted by atomic mass is 35.5. The molecule has 110 valence electrons. The third kappa shape index (κ3) is 3.60. The van der Waals surface area contributed by atoms with Crippen LogP contribution in [-0.2, 0) is 6.18 Å². The molecule has 1 aromatic heterocycles. The van der Waals surface area contributed by atoms with Gasteiger partial charge in [-0.1, -0.05) is 11.6 Å². The number of nitrogens with one attached hydrogen (secondary N) is 1. The van der Waals surface area contributed by atoms with Gasteiger partial charge < -0.3 is 10.4 Å². The van der Waals surface area contributed by atoms with Crippen molar-refractivity contribution in [3.63, 3.8) is 0 Å². The summed E-state index contributed by atoms with van der Waals surface area (Å²) in [7, 11) is 0. The SMILES string of the molecule is O=C(O)c1ccc(Nc2nccc(C(F)(F)F)n2)cc1Cl. The van der Waals surface area contributed by atoms with Crippen LogP contribution < -0.4 is 5.32 Å². The lowest BCUT2D eigenvalue weighted by Crippen LogP contribution is -2.10. The van der Waals surface area contributed by atoms with Gasteiger partial charge in [-0.3, -0.25) is 0 Å². The van der Waals surface area contributed by atoms with Crippen molar-refractivity contribution in [2.45, 2.75) is 6.18 Å². The van der Waals surface area contributed by atoms with Crippen LogP contribution in [0.2, 0.25) is 5.02 Å². The fourth-order valence-corrected chi connectivity index (χ4v) is 1.73. The molecule has 0 radical (unpaired) electrons. The van der Waals surface area contributed by atoms with Crippen molar-refractivity contribution >= 4 is 29.2 Å².